The van der Waals surface area contributed by atoms with E-state index in [1.807, 2.05) is 0 Å². The number of anilines is 1. The van der Waals surface area contributed by atoms with Crippen molar-refractivity contribution in [1.29, 1.82) is 0 Å². The van der Waals surface area contributed by atoms with Crippen LogP contribution in [0, 0.1) is 20.8 Å². The molecule has 0 N–H and O–H groups in total. The molecule has 0 atom stereocenters. The van der Waals surface area contributed by atoms with Gasteiger partial charge in [0.05, 0.1) is 5.69 Å². The number of aryl methyl sites for hydroxylation is 3. The van der Waals surface area contributed by atoms with Crippen LogP contribution in [-0.2, 0) is 20.0 Å². The van der Waals surface area contributed by atoms with Crippen molar-refractivity contribution in [3.63, 3.8) is 0 Å². The average molecular weight is 399 g/mol. The molecule has 138 valence electrons. The Hall–Kier alpha value is -1.50. The molecule has 0 aliphatic heterocycles. The summed E-state index contributed by atoms with van der Waals surface area (Å²) in [6.45, 7) is 3.45. The van der Waals surface area contributed by atoms with E-state index in [-0.39, 0.29) is 11.1 Å². The molecule has 0 bridgehead atoms. The molecule has 0 aliphatic carbocycles. The fourth-order valence-electron chi connectivity index (χ4n) is 2.02. The maximum absolute atomic E-state index is 12.8. The summed E-state index contributed by atoms with van der Waals surface area (Å²) in [5.74, 6) is 0. The maximum Gasteiger partial charge on any atom is 0.517 e. The Bertz CT molecular complexity index is 788. The molecule has 0 aliphatic rings. The molecule has 24 heavy (non-hydrogen) atoms. The lowest BCUT2D eigenvalue weighted by molar-refractivity contribution is -0.0462. The Morgan fingerprint density at radius 1 is 0.750 bits per heavy atom. The fraction of sp³-hybridized carbons (Fsp3) is 0.455. The summed E-state index contributed by atoms with van der Waals surface area (Å²) in [7, 11) is -13.7. The normalized spacial score (nSPS) is 13.9. The van der Waals surface area contributed by atoms with Crippen LogP contribution in [-0.4, -0.2) is 27.9 Å². The maximum atomic E-state index is 12.8. The van der Waals surface area contributed by atoms with E-state index < -0.39 is 40.5 Å². The third kappa shape index (κ3) is 3.31. The number of halogens is 6. The minimum atomic E-state index is -6.86. The van der Waals surface area contributed by atoms with Crippen LogP contribution in [0.4, 0.5) is 32.0 Å². The Morgan fingerprint density at radius 3 is 1.29 bits per heavy atom. The van der Waals surface area contributed by atoms with Crippen molar-refractivity contribution in [2.75, 3.05) is 3.71 Å². The van der Waals surface area contributed by atoms with Crippen LogP contribution in [0.3, 0.4) is 0 Å². The molecule has 0 unspecified atom stereocenters. The summed E-state index contributed by atoms with van der Waals surface area (Å²) in [6, 6.07) is 2.13. The van der Waals surface area contributed by atoms with Gasteiger partial charge in [-0.25, -0.2) is 0 Å². The third-order valence-corrected chi connectivity index (χ3v) is 6.43. The van der Waals surface area contributed by atoms with Gasteiger partial charge in [-0.2, -0.15) is 43.2 Å². The van der Waals surface area contributed by atoms with Crippen molar-refractivity contribution in [2.45, 2.75) is 31.8 Å². The first-order chi connectivity index (χ1) is 10.4. The summed E-state index contributed by atoms with van der Waals surface area (Å²) in [6.07, 6.45) is 0. The number of nitrogens with zero attached hydrogens (tertiary/aromatic N) is 1. The van der Waals surface area contributed by atoms with E-state index in [9.17, 15) is 43.2 Å². The van der Waals surface area contributed by atoms with E-state index in [1.54, 1.807) is 0 Å². The van der Waals surface area contributed by atoms with Crippen molar-refractivity contribution in [1.82, 2.24) is 0 Å². The Morgan fingerprint density at radius 2 is 1.04 bits per heavy atom. The lowest BCUT2D eigenvalue weighted by Crippen LogP contribution is -2.50. The highest BCUT2D eigenvalue weighted by Gasteiger charge is 2.62. The van der Waals surface area contributed by atoms with Crippen molar-refractivity contribution in [2.24, 2.45) is 0 Å². The van der Waals surface area contributed by atoms with Crippen LogP contribution in [0.25, 0.3) is 0 Å². The predicted octanol–water partition coefficient (Wildman–Crippen LogP) is 3.12. The molecule has 0 saturated carbocycles. The second-order valence-corrected chi connectivity index (χ2v) is 8.63. The molecule has 1 aromatic rings. The zero-order chi connectivity index (χ0) is 19.3. The summed E-state index contributed by atoms with van der Waals surface area (Å²) in [5.41, 5.74) is -14.1. The van der Waals surface area contributed by atoms with Crippen molar-refractivity contribution >= 4 is 25.7 Å². The predicted molar refractivity (Wildman–Crippen MR) is 73.1 cm³/mol. The number of rotatable bonds is 3. The lowest BCUT2D eigenvalue weighted by atomic mass is 10.1. The average Bonchev–Trinajstić information content (AvgIpc) is 2.29. The smallest absolute Gasteiger partial charge is 0.196 e. The van der Waals surface area contributed by atoms with E-state index in [2.05, 4.69) is 0 Å². The molecule has 0 aromatic heterocycles. The van der Waals surface area contributed by atoms with Gasteiger partial charge in [0.2, 0.25) is 0 Å². The van der Waals surface area contributed by atoms with Gasteiger partial charge in [0.25, 0.3) is 0 Å². The molecule has 5 nitrogen and oxygen atoms in total. The van der Waals surface area contributed by atoms with Crippen molar-refractivity contribution < 1.29 is 43.2 Å². The van der Waals surface area contributed by atoms with Crippen LogP contribution in [0.2, 0.25) is 0 Å². The van der Waals surface area contributed by atoms with Gasteiger partial charge < -0.3 is 0 Å². The van der Waals surface area contributed by atoms with E-state index in [0.29, 0.717) is 5.56 Å². The van der Waals surface area contributed by atoms with Crippen molar-refractivity contribution in [3.05, 3.63) is 28.8 Å². The molecule has 13 heteroatoms. The highest BCUT2D eigenvalue weighted by atomic mass is 32.3. The van der Waals surface area contributed by atoms with Gasteiger partial charge in [0, 0.05) is 0 Å². The Kier molecular flexibility index (Phi) is 4.96. The minimum absolute atomic E-state index is 0.381. The molecule has 1 aromatic carbocycles. The van der Waals surface area contributed by atoms with Gasteiger partial charge in [0.1, 0.15) is 0 Å². The summed E-state index contributed by atoms with van der Waals surface area (Å²) in [4.78, 5) is 0. The number of hydrogen-bond acceptors (Lipinski definition) is 4. The second kappa shape index (κ2) is 5.79. The first-order valence-electron chi connectivity index (χ1n) is 5.95. The zero-order valence-corrected chi connectivity index (χ0v) is 14.0. The first kappa shape index (κ1) is 20.5. The second-order valence-electron chi connectivity index (χ2n) is 4.85. The van der Waals surface area contributed by atoms with Crippen LogP contribution < -0.4 is 3.71 Å². The molecular formula is C11H11F6NO4S2. The van der Waals surface area contributed by atoms with Crippen LogP contribution in [0.5, 0.6) is 0 Å². The quantitative estimate of drug-likeness (QED) is 0.733. The van der Waals surface area contributed by atoms with Crippen LogP contribution >= 0.6 is 0 Å². The Labute approximate surface area is 134 Å². The van der Waals surface area contributed by atoms with Gasteiger partial charge >= 0.3 is 31.1 Å². The molecule has 0 fully saturated rings. The topological polar surface area (TPSA) is 71.5 Å². The van der Waals surface area contributed by atoms with Crippen LogP contribution in [0.15, 0.2) is 12.1 Å². The van der Waals surface area contributed by atoms with E-state index in [4.69, 9.17) is 0 Å². The Balaban J connectivity index is 3.99. The molecule has 1 rings (SSSR count). The molecular weight excluding hydrogens is 388 g/mol. The van der Waals surface area contributed by atoms with Gasteiger partial charge in [-0.15, -0.1) is 3.71 Å². The first-order valence-corrected chi connectivity index (χ1v) is 8.83. The molecule has 0 saturated heterocycles. The monoisotopic (exact) mass is 399 g/mol. The third-order valence-electron chi connectivity index (χ3n) is 2.84. The molecule has 0 amide bonds. The fourth-order valence-corrected chi connectivity index (χ4v) is 4.99. The summed E-state index contributed by atoms with van der Waals surface area (Å²) in [5, 5.41) is 0. The minimum Gasteiger partial charge on any atom is -0.196 e. The van der Waals surface area contributed by atoms with E-state index in [1.165, 1.54) is 6.92 Å². The van der Waals surface area contributed by atoms with Gasteiger partial charge in [-0.05, 0) is 31.9 Å². The number of hydrogen-bond donors (Lipinski definition) is 0. The highest BCUT2D eigenvalue weighted by molar-refractivity contribution is 8.11. The van der Waals surface area contributed by atoms with E-state index >= 15 is 0 Å². The largest absolute Gasteiger partial charge is 0.517 e. The molecule has 0 heterocycles. The molecule has 0 radical (unpaired) electrons. The number of sulfonamides is 2. The van der Waals surface area contributed by atoms with Crippen molar-refractivity contribution in [3.8, 4) is 0 Å². The zero-order valence-electron chi connectivity index (χ0n) is 12.3. The lowest BCUT2D eigenvalue weighted by Gasteiger charge is -2.28. The van der Waals surface area contributed by atoms with E-state index in [0.717, 1.165) is 26.0 Å². The summed E-state index contributed by atoms with van der Waals surface area (Å²) >= 11 is 0. The van der Waals surface area contributed by atoms with Crippen LogP contribution in [0.1, 0.15) is 16.7 Å². The van der Waals surface area contributed by atoms with Gasteiger partial charge in [0.15, 0.2) is 0 Å². The number of alkyl halides is 6. The van der Waals surface area contributed by atoms with Gasteiger partial charge in [-0.1, -0.05) is 17.7 Å². The highest BCUT2D eigenvalue weighted by Crippen LogP contribution is 2.41. The van der Waals surface area contributed by atoms with Gasteiger partial charge in [-0.3, -0.25) is 0 Å². The molecule has 0 spiro atoms. The number of benzene rings is 1. The standard InChI is InChI=1S/C11H11F6NO4S2/c1-6-4-7(2)9(8(3)5-6)18(23(19,20)10(12,13)14)24(21,22)11(15,16)17/h4-5H,1-3H3. The summed E-state index contributed by atoms with van der Waals surface area (Å²) < 4.78 is 121. The SMILES string of the molecule is Cc1cc(C)c(N(S(=O)(=O)C(F)(F)F)S(=O)(=O)C(F)(F)F)c(C)c1.